The quantitative estimate of drug-likeness (QED) is 0.608. The van der Waals surface area contributed by atoms with E-state index in [4.69, 9.17) is 5.73 Å². The van der Waals surface area contributed by atoms with E-state index in [9.17, 15) is 4.79 Å². The zero-order valence-corrected chi connectivity index (χ0v) is 7.95. The van der Waals surface area contributed by atoms with Crippen LogP contribution in [0.2, 0.25) is 0 Å². The predicted octanol–water partition coefficient (Wildman–Crippen LogP) is -0.393. The van der Waals surface area contributed by atoms with Gasteiger partial charge in [-0.1, -0.05) is 0 Å². The summed E-state index contributed by atoms with van der Waals surface area (Å²) in [6.45, 7) is 2.65. The fraction of sp³-hybridized carbons (Fsp3) is 0.375. The Morgan fingerprint density at radius 3 is 3.00 bits per heavy atom. The number of rotatable bonds is 4. The molecule has 0 aliphatic heterocycles. The van der Waals surface area contributed by atoms with Crippen LogP contribution in [0.5, 0.6) is 0 Å². The first-order valence-electron chi connectivity index (χ1n) is 4.30. The van der Waals surface area contributed by atoms with Gasteiger partial charge >= 0.3 is 0 Å². The number of carbonyl (C=O) groups is 1. The molecule has 0 radical (unpaired) electrons. The fourth-order valence-electron chi connectivity index (χ4n) is 0.897. The minimum absolute atomic E-state index is 0.0864. The molecule has 0 saturated heterocycles. The minimum Gasteiger partial charge on any atom is -0.382 e. The monoisotopic (exact) mass is 195 g/mol. The number of hydrogen-bond donors (Lipinski definition) is 3. The molecule has 0 atom stereocenters. The van der Waals surface area contributed by atoms with E-state index in [0.29, 0.717) is 18.2 Å². The largest absolute Gasteiger partial charge is 0.382 e. The van der Waals surface area contributed by atoms with Crippen LogP contribution >= 0.6 is 0 Å². The van der Waals surface area contributed by atoms with E-state index in [0.717, 1.165) is 0 Å². The van der Waals surface area contributed by atoms with Crippen molar-refractivity contribution in [3.63, 3.8) is 0 Å². The second-order valence-corrected chi connectivity index (χ2v) is 2.64. The Labute approximate surface area is 81.9 Å². The highest BCUT2D eigenvalue weighted by Crippen LogP contribution is 2.01. The Morgan fingerprint density at radius 1 is 1.57 bits per heavy atom. The molecule has 0 aliphatic carbocycles. The Morgan fingerprint density at radius 2 is 2.36 bits per heavy atom. The van der Waals surface area contributed by atoms with E-state index in [1.165, 1.54) is 12.4 Å². The lowest BCUT2D eigenvalue weighted by atomic mass is 10.5. The number of aromatic nitrogens is 2. The smallest absolute Gasteiger partial charge is 0.239 e. The van der Waals surface area contributed by atoms with Crippen LogP contribution in [0.1, 0.15) is 6.92 Å². The molecule has 0 bridgehead atoms. The van der Waals surface area contributed by atoms with Crippen LogP contribution in [0.4, 0.5) is 11.6 Å². The Kier molecular flexibility index (Phi) is 3.66. The highest BCUT2D eigenvalue weighted by molar-refractivity contribution is 5.80. The van der Waals surface area contributed by atoms with Crippen LogP contribution in [0.15, 0.2) is 12.4 Å². The number of nitrogens with two attached hydrogens (primary N) is 1. The molecular formula is C8H13N5O. The zero-order chi connectivity index (χ0) is 10.4. The summed E-state index contributed by atoms with van der Waals surface area (Å²) in [5.74, 6) is 0.735. The molecule has 1 heterocycles. The molecule has 0 unspecified atom stereocenters. The second kappa shape index (κ2) is 5.00. The lowest BCUT2D eigenvalue weighted by Gasteiger charge is -2.04. The maximum absolute atomic E-state index is 11.0. The van der Waals surface area contributed by atoms with Crippen LogP contribution in [0.25, 0.3) is 0 Å². The van der Waals surface area contributed by atoms with Gasteiger partial charge in [-0.3, -0.25) is 9.78 Å². The summed E-state index contributed by atoms with van der Waals surface area (Å²) < 4.78 is 0. The SMILES string of the molecule is CCNC(=O)CNc1cncc(N)n1. The van der Waals surface area contributed by atoms with Gasteiger partial charge in [0.2, 0.25) is 5.91 Å². The van der Waals surface area contributed by atoms with Crippen molar-refractivity contribution in [2.75, 3.05) is 24.1 Å². The van der Waals surface area contributed by atoms with Gasteiger partial charge in [0.15, 0.2) is 0 Å². The summed E-state index contributed by atoms with van der Waals surface area (Å²) in [7, 11) is 0. The first-order valence-corrected chi connectivity index (χ1v) is 4.30. The first-order chi connectivity index (χ1) is 6.72. The van der Waals surface area contributed by atoms with Crippen LogP contribution in [-0.2, 0) is 4.79 Å². The van der Waals surface area contributed by atoms with E-state index >= 15 is 0 Å². The van der Waals surface area contributed by atoms with Crippen molar-refractivity contribution >= 4 is 17.5 Å². The number of nitrogens with zero attached hydrogens (tertiary/aromatic N) is 2. The standard InChI is InChI=1S/C8H13N5O/c1-2-11-8(14)5-12-7-4-10-3-6(9)13-7/h3-4H,2,5H2,1H3,(H,11,14)(H3,9,12,13). The molecule has 0 spiro atoms. The zero-order valence-electron chi connectivity index (χ0n) is 7.95. The number of likely N-dealkylation sites (N-methyl/N-ethyl adjacent to an activating group) is 1. The Hall–Kier alpha value is -1.85. The van der Waals surface area contributed by atoms with Crippen molar-refractivity contribution in [3.05, 3.63) is 12.4 Å². The molecule has 4 N–H and O–H groups in total. The van der Waals surface area contributed by atoms with Gasteiger partial charge in [0.05, 0.1) is 18.9 Å². The van der Waals surface area contributed by atoms with Crippen molar-refractivity contribution in [1.29, 1.82) is 0 Å². The Balaban J connectivity index is 2.41. The van der Waals surface area contributed by atoms with E-state index in [1.807, 2.05) is 6.92 Å². The third kappa shape index (κ3) is 3.26. The molecule has 6 nitrogen and oxygen atoms in total. The molecule has 1 aromatic rings. The molecule has 0 aromatic carbocycles. The summed E-state index contributed by atoms with van der Waals surface area (Å²) in [5.41, 5.74) is 5.41. The number of nitrogens with one attached hydrogen (secondary N) is 2. The van der Waals surface area contributed by atoms with Crippen LogP contribution < -0.4 is 16.4 Å². The average molecular weight is 195 g/mol. The summed E-state index contributed by atoms with van der Waals surface area (Å²) in [6.07, 6.45) is 2.95. The summed E-state index contributed by atoms with van der Waals surface area (Å²) in [4.78, 5) is 18.8. The van der Waals surface area contributed by atoms with E-state index in [-0.39, 0.29) is 12.5 Å². The number of hydrogen-bond acceptors (Lipinski definition) is 5. The summed E-state index contributed by atoms with van der Waals surface area (Å²) in [6, 6.07) is 0. The molecule has 1 aromatic heterocycles. The highest BCUT2D eigenvalue weighted by atomic mass is 16.1. The molecule has 14 heavy (non-hydrogen) atoms. The van der Waals surface area contributed by atoms with Gasteiger partial charge in [-0.2, -0.15) is 0 Å². The minimum atomic E-state index is -0.0864. The normalized spacial score (nSPS) is 9.50. The van der Waals surface area contributed by atoms with Crippen molar-refractivity contribution in [2.45, 2.75) is 6.92 Å². The van der Waals surface area contributed by atoms with Gasteiger partial charge in [0.1, 0.15) is 11.6 Å². The second-order valence-electron chi connectivity index (χ2n) is 2.64. The molecule has 1 amide bonds. The van der Waals surface area contributed by atoms with Crippen molar-refractivity contribution in [1.82, 2.24) is 15.3 Å². The molecule has 1 rings (SSSR count). The topological polar surface area (TPSA) is 92.9 Å². The van der Waals surface area contributed by atoms with Gasteiger partial charge in [-0.25, -0.2) is 4.98 Å². The van der Waals surface area contributed by atoms with Gasteiger partial charge in [0, 0.05) is 6.54 Å². The van der Waals surface area contributed by atoms with Crippen LogP contribution in [-0.4, -0.2) is 29.0 Å². The van der Waals surface area contributed by atoms with E-state index in [1.54, 1.807) is 0 Å². The molecule has 0 fully saturated rings. The van der Waals surface area contributed by atoms with E-state index in [2.05, 4.69) is 20.6 Å². The van der Waals surface area contributed by atoms with Crippen molar-refractivity contribution in [3.8, 4) is 0 Å². The molecule has 0 saturated carbocycles. The lowest BCUT2D eigenvalue weighted by molar-refractivity contribution is -0.119. The van der Waals surface area contributed by atoms with Gasteiger partial charge in [0.25, 0.3) is 0 Å². The Bertz CT molecular complexity index is 314. The molecule has 0 aliphatic rings. The number of carbonyl (C=O) groups excluding carboxylic acids is 1. The highest BCUT2D eigenvalue weighted by Gasteiger charge is 1.99. The lowest BCUT2D eigenvalue weighted by Crippen LogP contribution is -2.29. The maximum Gasteiger partial charge on any atom is 0.239 e. The van der Waals surface area contributed by atoms with Crippen LogP contribution in [0, 0.1) is 0 Å². The third-order valence-electron chi connectivity index (χ3n) is 1.46. The van der Waals surface area contributed by atoms with Crippen molar-refractivity contribution < 1.29 is 4.79 Å². The number of amides is 1. The predicted molar refractivity (Wildman–Crippen MR) is 53.6 cm³/mol. The third-order valence-corrected chi connectivity index (χ3v) is 1.46. The molecule has 76 valence electrons. The fourth-order valence-corrected chi connectivity index (χ4v) is 0.897. The molecule has 6 heteroatoms. The van der Waals surface area contributed by atoms with Gasteiger partial charge in [-0.05, 0) is 6.92 Å². The van der Waals surface area contributed by atoms with Crippen molar-refractivity contribution in [2.24, 2.45) is 0 Å². The molecular weight excluding hydrogens is 182 g/mol. The van der Waals surface area contributed by atoms with E-state index < -0.39 is 0 Å². The number of nitrogen functional groups attached to an aromatic ring is 1. The number of anilines is 2. The van der Waals surface area contributed by atoms with Gasteiger partial charge in [-0.15, -0.1) is 0 Å². The summed E-state index contributed by atoms with van der Waals surface area (Å²) in [5, 5.41) is 5.45. The van der Waals surface area contributed by atoms with Crippen LogP contribution in [0.3, 0.4) is 0 Å². The first kappa shape index (κ1) is 10.2. The summed E-state index contributed by atoms with van der Waals surface area (Å²) >= 11 is 0. The van der Waals surface area contributed by atoms with Gasteiger partial charge < -0.3 is 16.4 Å². The maximum atomic E-state index is 11.0. The average Bonchev–Trinajstić information content (AvgIpc) is 2.15.